The number of ether oxygens (including phenoxy) is 2. The maximum atomic E-state index is 13.8. The zero-order chi connectivity index (χ0) is 19.6. The van der Waals surface area contributed by atoms with E-state index in [-0.39, 0.29) is 5.92 Å². The van der Waals surface area contributed by atoms with Crippen LogP contribution in [0.3, 0.4) is 0 Å². The predicted octanol–water partition coefficient (Wildman–Crippen LogP) is 6.73. The Kier molecular flexibility index (Phi) is 10.3. The van der Waals surface area contributed by atoms with Gasteiger partial charge in [0.1, 0.15) is 0 Å². The lowest BCUT2D eigenvalue weighted by Crippen LogP contribution is -2.39. The van der Waals surface area contributed by atoms with Gasteiger partial charge in [0.25, 0.3) is 0 Å². The number of unbranched alkanes of at least 4 members (excludes halogenated alkanes) is 5. The van der Waals surface area contributed by atoms with Crippen LogP contribution in [0.1, 0.15) is 84.1 Å². The van der Waals surface area contributed by atoms with Gasteiger partial charge in [-0.05, 0) is 44.9 Å². The molecule has 0 aliphatic rings. The van der Waals surface area contributed by atoms with E-state index >= 15 is 0 Å². The molecule has 1 aromatic rings. The van der Waals surface area contributed by atoms with Gasteiger partial charge in [-0.2, -0.15) is 0 Å². The molecular weight excluding hydrogens is 341 g/mol. The standard InChI is InChI=1S/C21H33F3O2/c1-5-8-9-10-11-12-13-17(21(4,25-6-2)26-7-3)16-14-18(22)20(24)19(23)15-16/h14-15,17H,5-13H2,1-4H3. The minimum atomic E-state index is -1.44. The van der Waals surface area contributed by atoms with Crippen LogP contribution in [-0.2, 0) is 9.47 Å². The van der Waals surface area contributed by atoms with E-state index in [9.17, 15) is 13.2 Å². The Labute approximate surface area is 156 Å². The van der Waals surface area contributed by atoms with E-state index in [2.05, 4.69) is 6.92 Å². The van der Waals surface area contributed by atoms with Crippen LogP contribution in [0.15, 0.2) is 12.1 Å². The van der Waals surface area contributed by atoms with Crippen molar-refractivity contribution in [2.75, 3.05) is 13.2 Å². The van der Waals surface area contributed by atoms with Gasteiger partial charge in [-0.3, -0.25) is 0 Å². The average molecular weight is 374 g/mol. The number of hydrogen-bond acceptors (Lipinski definition) is 2. The first-order valence-corrected chi connectivity index (χ1v) is 9.81. The molecule has 1 rings (SSSR count). The fraction of sp³-hybridized carbons (Fsp3) is 0.714. The molecule has 0 saturated heterocycles. The van der Waals surface area contributed by atoms with Crippen LogP contribution in [-0.4, -0.2) is 19.0 Å². The van der Waals surface area contributed by atoms with Crippen LogP contribution in [0.25, 0.3) is 0 Å². The van der Waals surface area contributed by atoms with Gasteiger partial charge in [0.05, 0.1) is 0 Å². The first-order chi connectivity index (χ1) is 12.4. The molecule has 0 bridgehead atoms. The topological polar surface area (TPSA) is 18.5 Å². The van der Waals surface area contributed by atoms with Gasteiger partial charge in [-0.1, -0.05) is 45.4 Å². The molecule has 1 atom stereocenters. The monoisotopic (exact) mass is 374 g/mol. The van der Waals surface area contributed by atoms with Crippen molar-refractivity contribution in [3.8, 4) is 0 Å². The average Bonchev–Trinajstić information content (AvgIpc) is 2.59. The van der Waals surface area contributed by atoms with E-state index in [0.717, 1.165) is 31.4 Å². The lowest BCUT2D eigenvalue weighted by molar-refractivity contribution is -0.236. The normalized spacial score (nSPS) is 13.2. The first kappa shape index (κ1) is 23.0. The summed E-state index contributed by atoms with van der Waals surface area (Å²) in [6, 6.07) is 2.13. The Hall–Kier alpha value is -1.07. The predicted molar refractivity (Wildman–Crippen MR) is 98.7 cm³/mol. The maximum Gasteiger partial charge on any atom is 0.194 e. The highest BCUT2D eigenvalue weighted by molar-refractivity contribution is 5.25. The Morgan fingerprint density at radius 1 is 0.846 bits per heavy atom. The fourth-order valence-corrected chi connectivity index (χ4v) is 3.45. The van der Waals surface area contributed by atoms with E-state index in [4.69, 9.17) is 9.47 Å². The molecule has 150 valence electrons. The third kappa shape index (κ3) is 6.58. The van der Waals surface area contributed by atoms with Gasteiger partial charge in [-0.25, -0.2) is 13.2 Å². The van der Waals surface area contributed by atoms with E-state index in [1.165, 1.54) is 19.3 Å². The SMILES string of the molecule is CCCCCCCCC(c1cc(F)c(F)c(F)c1)C(C)(OCC)OCC. The van der Waals surface area contributed by atoms with E-state index in [1.54, 1.807) is 6.92 Å². The van der Waals surface area contributed by atoms with Crippen molar-refractivity contribution in [2.45, 2.75) is 84.3 Å². The van der Waals surface area contributed by atoms with Crippen molar-refractivity contribution in [3.05, 3.63) is 35.1 Å². The molecule has 0 heterocycles. The summed E-state index contributed by atoms with van der Waals surface area (Å²) in [4.78, 5) is 0. The van der Waals surface area contributed by atoms with Crippen molar-refractivity contribution < 1.29 is 22.6 Å². The van der Waals surface area contributed by atoms with Gasteiger partial charge in [0.15, 0.2) is 23.2 Å². The van der Waals surface area contributed by atoms with Crippen LogP contribution in [0.4, 0.5) is 13.2 Å². The van der Waals surface area contributed by atoms with Crippen molar-refractivity contribution >= 4 is 0 Å². The molecule has 1 unspecified atom stereocenters. The zero-order valence-electron chi connectivity index (χ0n) is 16.5. The molecule has 5 heteroatoms. The molecule has 0 amide bonds. The van der Waals surface area contributed by atoms with Crippen LogP contribution in [0, 0.1) is 17.5 Å². The van der Waals surface area contributed by atoms with E-state index < -0.39 is 23.2 Å². The lowest BCUT2D eigenvalue weighted by atomic mass is 9.86. The zero-order valence-corrected chi connectivity index (χ0v) is 16.5. The molecule has 0 aliphatic heterocycles. The molecule has 0 aromatic heterocycles. The van der Waals surface area contributed by atoms with Crippen LogP contribution >= 0.6 is 0 Å². The second-order valence-electron chi connectivity index (χ2n) is 6.79. The molecule has 0 N–H and O–H groups in total. The van der Waals surface area contributed by atoms with Gasteiger partial charge in [0.2, 0.25) is 0 Å². The van der Waals surface area contributed by atoms with Crippen LogP contribution in [0.5, 0.6) is 0 Å². The minimum absolute atomic E-state index is 0.374. The lowest BCUT2D eigenvalue weighted by Gasteiger charge is -2.37. The quantitative estimate of drug-likeness (QED) is 0.217. The van der Waals surface area contributed by atoms with Crippen molar-refractivity contribution in [2.24, 2.45) is 0 Å². The van der Waals surface area contributed by atoms with E-state index in [0.29, 0.717) is 25.2 Å². The fourth-order valence-electron chi connectivity index (χ4n) is 3.45. The second-order valence-corrected chi connectivity index (χ2v) is 6.79. The number of halogens is 3. The molecule has 0 fully saturated rings. The highest BCUT2D eigenvalue weighted by atomic mass is 19.2. The molecule has 1 aromatic carbocycles. The molecule has 0 radical (unpaired) electrons. The third-order valence-corrected chi connectivity index (χ3v) is 4.75. The highest BCUT2D eigenvalue weighted by Crippen LogP contribution is 2.38. The van der Waals surface area contributed by atoms with Gasteiger partial charge < -0.3 is 9.47 Å². The van der Waals surface area contributed by atoms with E-state index in [1.807, 2.05) is 13.8 Å². The summed E-state index contributed by atoms with van der Waals surface area (Å²) in [6.45, 7) is 8.49. The molecular formula is C21H33F3O2. The molecule has 0 saturated carbocycles. The van der Waals surface area contributed by atoms with Gasteiger partial charge in [-0.15, -0.1) is 0 Å². The highest BCUT2D eigenvalue weighted by Gasteiger charge is 2.37. The summed E-state index contributed by atoms with van der Waals surface area (Å²) >= 11 is 0. The molecule has 0 aliphatic carbocycles. The Morgan fingerprint density at radius 3 is 1.85 bits per heavy atom. The summed E-state index contributed by atoms with van der Waals surface area (Å²) in [5, 5.41) is 0. The Morgan fingerprint density at radius 2 is 1.35 bits per heavy atom. The molecule has 0 spiro atoms. The minimum Gasteiger partial charge on any atom is -0.350 e. The van der Waals surface area contributed by atoms with Crippen LogP contribution < -0.4 is 0 Å². The maximum absolute atomic E-state index is 13.8. The molecule has 2 nitrogen and oxygen atoms in total. The second kappa shape index (κ2) is 11.6. The van der Waals surface area contributed by atoms with Crippen molar-refractivity contribution in [3.63, 3.8) is 0 Å². The summed E-state index contributed by atoms with van der Waals surface area (Å²) < 4.78 is 52.6. The first-order valence-electron chi connectivity index (χ1n) is 9.81. The van der Waals surface area contributed by atoms with Crippen molar-refractivity contribution in [1.29, 1.82) is 0 Å². The number of hydrogen-bond donors (Lipinski definition) is 0. The van der Waals surface area contributed by atoms with Gasteiger partial charge >= 0.3 is 0 Å². The smallest absolute Gasteiger partial charge is 0.194 e. The summed E-state index contributed by atoms with van der Waals surface area (Å²) in [7, 11) is 0. The van der Waals surface area contributed by atoms with Gasteiger partial charge in [0, 0.05) is 19.1 Å². The third-order valence-electron chi connectivity index (χ3n) is 4.75. The molecule has 26 heavy (non-hydrogen) atoms. The summed E-state index contributed by atoms with van der Waals surface area (Å²) in [5.41, 5.74) is 0.374. The summed E-state index contributed by atoms with van der Waals surface area (Å²) in [5.74, 6) is -5.18. The van der Waals surface area contributed by atoms with Crippen LogP contribution in [0.2, 0.25) is 0 Å². The number of rotatable bonds is 13. The Bertz CT molecular complexity index is 505. The van der Waals surface area contributed by atoms with Crippen molar-refractivity contribution in [1.82, 2.24) is 0 Å². The largest absolute Gasteiger partial charge is 0.350 e. The number of benzene rings is 1. The summed E-state index contributed by atoms with van der Waals surface area (Å²) in [6.07, 6.45) is 7.31. The Balaban J connectivity index is 3.01.